The SMILES string of the molecule is O=C(C1=CC2CNCC2C1)c1ccco1. The molecule has 0 bridgehead atoms. The van der Waals surface area contributed by atoms with Gasteiger partial charge in [-0.3, -0.25) is 4.79 Å². The number of allylic oxidation sites excluding steroid dienone is 1. The van der Waals surface area contributed by atoms with Gasteiger partial charge in [0, 0.05) is 12.1 Å². The van der Waals surface area contributed by atoms with Gasteiger partial charge in [-0.05, 0) is 36.9 Å². The van der Waals surface area contributed by atoms with Gasteiger partial charge >= 0.3 is 0 Å². The number of hydrogen-bond donors (Lipinski definition) is 1. The van der Waals surface area contributed by atoms with Crippen LogP contribution in [0, 0.1) is 11.8 Å². The smallest absolute Gasteiger partial charge is 0.223 e. The normalized spacial score (nSPS) is 28.9. The third-order valence-corrected chi connectivity index (χ3v) is 3.33. The average Bonchev–Trinajstić information content (AvgIpc) is 2.92. The first-order valence-corrected chi connectivity index (χ1v) is 5.34. The van der Waals surface area contributed by atoms with Gasteiger partial charge < -0.3 is 9.73 Å². The average molecular weight is 203 g/mol. The Bertz CT molecular complexity index is 405. The van der Waals surface area contributed by atoms with Crippen molar-refractivity contribution in [2.75, 3.05) is 13.1 Å². The molecular weight excluding hydrogens is 190 g/mol. The molecule has 0 amide bonds. The van der Waals surface area contributed by atoms with Crippen LogP contribution in [0.4, 0.5) is 0 Å². The highest BCUT2D eigenvalue weighted by atomic mass is 16.3. The number of hydrogen-bond acceptors (Lipinski definition) is 3. The molecule has 3 rings (SSSR count). The zero-order valence-corrected chi connectivity index (χ0v) is 8.40. The fourth-order valence-electron chi connectivity index (χ4n) is 2.52. The van der Waals surface area contributed by atoms with E-state index < -0.39 is 0 Å². The molecule has 3 nitrogen and oxygen atoms in total. The van der Waals surface area contributed by atoms with E-state index in [0.29, 0.717) is 17.6 Å². The van der Waals surface area contributed by atoms with Crippen LogP contribution in [0.1, 0.15) is 17.0 Å². The van der Waals surface area contributed by atoms with Crippen molar-refractivity contribution in [3.63, 3.8) is 0 Å². The Balaban J connectivity index is 1.82. The highest BCUT2D eigenvalue weighted by Gasteiger charge is 2.34. The van der Waals surface area contributed by atoms with Gasteiger partial charge in [0.15, 0.2) is 5.76 Å². The second-order valence-corrected chi connectivity index (χ2v) is 4.28. The molecule has 2 heterocycles. The van der Waals surface area contributed by atoms with E-state index in [2.05, 4.69) is 11.4 Å². The van der Waals surface area contributed by atoms with Crippen molar-refractivity contribution < 1.29 is 9.21 Å². The summed E-state index contributed by atoms with van der Waals surface area (Å²) < 4.78 is 5.12. The Hall–Kier alpha value is -1.35. The molecule has 15 heavy (non-hydrogen) atoms. The van der Waals surface area contributed by atoms with Crippen molar-refractivity contribution >= 4 is 5.78 Å². The molecule has 1 aromatic rings. The molecule has 1 aliphatic carbocycles. The molecule has 0 spiro atoms. The number of Topliss-reactive ketones (excluding diaryl/α,β-unsaturated/α-hetero) is 1. The number of carbonyl (C=O) groups excluding carboxylic acids is 1. The molecule has 1 aliphatic heterocycles. The predicted molar refractivity (Wildman–Crippen MR) is 55.6 cm³/mol. The van der Waals surface area contributed by atoms with Crippen molar-refractivity contribution in [1.82, 2.24) is 5.32 Å². The van der Waals surface area contributed by atoms with Crippen LogP contribution in [0.5, 0.6) is 0 Å². The van der Waals surface area contributed by atoms with Crippen molar-refractivity contribution in [2.24, 2.45) is 11.8 Å². The quantitative estimate of drug-likeness (QED) is 0.743. The molecule has 2 atom stereocenters. The zero-order chi connectivity index (χ0) is 10.3. The van der Waals surface area contributed by atoms with E-state index in [1.807, 2.05) is 0 Å². The predicted octanol–water partition coefficient (Wildman–Crippen LogP) is 1.63. The molecule has 1 aromatic heterocycles. The molecule has 3 heteroatoms. The Morgan fingerprint density at radius 2 is 2.40 bits per heavy atom. The van der Waals surface area contributed by atoms with Crippen LogP contribution in [0.2, 0.25) is 0 Å². The molecule has 1 saturated heterocycles. The minimum Gasteiger partial charge on any atom is -0.461 e. The topological polar surface area (TPSA) is 42.2 Å². The molecule has 1 N–H and O–H groups in total. The lowest BCUT2D eigenvalue weighted by atomic mass is 9.99. The maximum absolute atomic E-state index is 12.0. The summed E-state index contributed by atoms with van der Waals surface area (Å²) in [6, 6.07) is 3.49. The monoisotopic (exact) mass is 203 g/mol. The van der Waals surface area contributed by atoms with Crippen LogP contribution in [0.15, 0.2) is 34.5 Å². The second-order valence-electron chi connectivity index (χ2n) is 4.28. The van der Waals surface area contributed by atoms with Gasteiger partial charge in [-0.2, -0.15) is 0 Å². The maximum Gasteiger partial charge on any atom is 0.223 e. The third kappa shape index (κ3) is 1.43. The molecule has 0 saturated carbocycles. The van der Waals surface area contributed by atoms with E-state index in [9.17, 15) is 4.79 Å². The first kappa shape index (κ1) is 8.92. The minimum absolute atomic E-state index is 0.0643. The van der Waals surface area contributed by atoms with Gasteiger partial charge in [0.25, 0.3) is 0 Å². The van der Waals surface area contributed by atoms with Gasteiger partial charge in [0.2, 0.25) is 5.78 Å². The number of fused-ring (bicyclic) bond motifs is 1. The summed E-state index contributed by atoms with van der Waals surface area (Å²) in [6.45, 7) is 2.05. The molecule has 0 aromatic carbocycles. The molecule has 0 radical (unpaired) electrons. The van der Waals surface area contributed by atoms with E-state index in [1.165, 1.54) is 0 Å². The lowest BCUT2D eigenvalue weighted by molar-refractivity contribution is 0.100. The number of ketones is 1. The zero-order valence-electron chi connectivity index (χ0n) is 8.40. The Morgan fingerprint density at radius 3 is 3.13 bits per heavy atom. The van der Waals surface area contributed by atoms with Gasteiger partial charge in [0.1, 0.15) is 0 Å². The molecular formula is C12H13NO2. The summed E-state index contributed by atoms with van der Waals surface area (Å²) in [5, 5.41) is 3.34. The van der Waals surface area contributed by atoms with Crippen LogP contribution in [-0.2, 0) is 0 Å². The maximum atomic E-state index is 12.0. The first-order valence-electron chi connectivity index (χ1n) is 5.34. The van der Waals surface area contributed by atoms with E-state index in [-0.39, 0.29) is 5.78 Å². The van der Waals surface area contributed by atoms with Crippen LogP contribution in [0.25, 0.3) is 0 Å². The molecule has 1 fully saturated rings. The van der Waals surface area contributed by atoms with E-state index in [1.54, 1.807) is 18.4 Å². The van der Waals surface area contributed by atoms with Crippen LogP contribution >= 0.6 is 0 Å². The van der Waals surface area contributed by atoms with Crippen molar-refractivity contribution in [3.05, 3.63) is 35.8 Å². The van der Waals surface area contributed by atoms with E-state index in [4.69, 9.17) is 4.42 Å². The highest BCUT2D eigenvalue weighted by Crippen LogP contribution is 2.34. The Labute approximate surface area is 88.2 Å². The van der Waals surface area contributed by atoms with Crippen LogP contribution < -0.4 is 5.32 Å². The molecule has 78 valence electrons. The van der Waals surface area contributed by atoms with Crippen LogP contribution in [0.3, 0.4) is 0 Å². The Kier molecular flexibility index (Phi) is 1.99. The van der Waals surface area contributed by atoms with Gasteiger partial charge in [0.05, 0.1) is 6.26 Å². The summed E-state index contributed by atoms with van der Waals surface area (Å²) in [5.41, 5.74) is 0.932. The number of carbonyl (C=O) groups is 1. The summed E-state index contributed by atoms with van der Waals surface area (Å²) in [5.74, 6) is 1.71. The minimum atomic E-state index is 0.0643. The lowest BCUT2D eigenvalue weighted by Crippen LogP contribution is -2.11. The second kappa shape index (κ2) is 3.35. The summed E-state index contributed by atoms with van der Waals surface area (Å²) in [7, 11) is 0. The van der Waals surface area contributed by atoms with E-state index in [0.717, 1.165) is 25.1 Å². The summed E-state index contributed by atoms with van der Waals surface area (Å²) >= 11 is 0. The van der Waals surface area contributed by atoms with Crippen molar-refractivity contribution in [2.45, 2.75) is 6.42 Å². The van der Waals surface area contributed by atoms with Gasteiger partial charge in [-0.25, -0.2) is 0 Å². The highest BCUT2D eigenvalue weighted by molar-refractivity contribution is 6.07. The van der Waals surface area contributed by atoms with Crippen LogP contribution in [-0.4, -0.2) is 18.9 Å². The number of nitrogens with one attached hydrogen (secondary N) is 1. The Morgan fingerprint density at radius 1 is 1.47 bits per heavy atom. The van der Waals surface area contributed by atoms with Gasteiger partial charge in [-0.1, -0.05) is 6.08 Å². The largest absolute Gasteiger partial charge is 0.461 e. The fraction of sp³-hybridized carbons (Fsp3) is 0.417. The van der Waals surface area contributed by atoms with E-state index >= 15 is 0 Å². The first-order chi connectivity index (χ1) is 7.34. The molecule has 2 unspecified atom stereocenters. The summed E-state index contributed by atoms with van der Waals surface area (Å²) in [4.78, 5) is 12.0. The summed E-state index contributed by atoms with van der Waals surface area (Å²) in [6.07, 6.45) is 4.57. The lowest BCUT2D eigenvalue weighted by Gasteiger charge is -2.04. The van der Waals surface area contributed by atoms with Crippen molar-refractivity contribution in [1.29, 1.82) is 0 Å². The molecule has 2 aliphatic rings. The fourth-order valence-corrected chi connectivity index (χ4v) is 2.52. The standard InChI is InChI=1S/C12H13NO2/c14-12(11-2-1-3-15-11)8-4-9-6-13-7-10(9)5-8/h1-4,9-10,13H,5-7H2. The third-order valence-electron chi connectivity index (χ3n) is 3.33. The number of furan rings is 1. The number of rotatable bonds is 2. The van der Waals surface area contributed by atoms with Crippen molar-refractivity contribution in [3.8, 4) is 0 Å². The van der Waals surface area contributed by atoms with Gasteiger partial charge in [-0.15, -0.1) is 0 Å².